The van der Waals surface area contributed by atoms with Gasteiger partial charge in [-0.25, -0.2) is 15.0 Å². The Morgan fingerprint density at radius 1 is 1.07 bits per heavy atom. The van der Waals surface area contributed by atoms with Crippen molar-refractivity contribution < 1.29 is 14.0 Å². The van der Waals surface area contributed by atoms with Crippen molar-refractivity contribution in [3.8, 4) is 28.7 Å². The quantitative estimate of drug-likeness (QED) is 0.300. The minimum Gasteiger partial charge on any atom is -0.544 e. The summed E-state index contributed by atoms with van der Waals surface area (Å²) in [6.07, 6.45) is 7.18. The molecule has 0 bridgehead atoms. The molecule has 1 atom stereocenters. The summed E-state index contributed by atoms with van der Waals surface area (Å²) in [4.78, 5) is 30.0. The number of nitriles is 1. The van der Waals surface area contributed by atoms with E-state index in [4.69, 9.17) is 9.16 Å². The second-order valence-corrected chi connectivity index (χ2v) is 12.0. The summed E-state index contributed by atoms with van der Waals surface area (Å²) in [5, 5.41) is 16.9. The van der Waals surface area contributed by atoms with E-state index in [0.717, 1.165) is 24.2 Å². The van der Waals surface area contributed by atoms with Crippen LogP contribution < -0.4 is 14.5 Å². The lowest BCUT2D eigenvalue weighted by molar-refractivity contribution is 0.0664. The van der Waals surface area contributed by atoms with Crippen molar-refractivity contribution in [1.82, 2.24) is 34.5 Å². The Balaban J connectivity index is 1.28. The molecule has 3 heterocycles. The number of nitrogens with one attached hydrogen (secondary N) is 1. The van der Waals surface area contributed by atoms with E-state index in [1.807, 2.05) is 23.6 Å². The van der Waals surface area contributed by atoms with Gasteiger partial charge in [-0.1, -0.05) is 6.07 Å². The number of aromatic nitrogens is 5. The van der Waals surface area contributed by atoms with E-state index in [9.17, 15) is 10.1 Å². The molecule has 2 aromatic heterocycles. The first-order valence-corrected chi connectivity index (χ1v) is 15.7. The Morgan fingerprint density at radius 3 is 2.54 bits per heavy atom. The molecule has 0 unspecified atom stereocenters. The van der Waals surface area contributed by atoms with Gasteiger partial charge in [-0.15, -0.1) is 0 Å². The van der Waals surface area contributed by atoms with E-state index in [1.165, 1.54) is 6.33 Å². The third kappa shape index (κ3) is 6.68. The molecule has 1 fully saturated rings. The summed E-state index contributed by atoms with van der Waals surface area (Å²) in [6.45, 7) is 5.17. The standard InChI is InChI=1S/C28H31N9O3Si/c1-35-8-10-36(11-9-35)27(38)21-6-7-24(26(13-21)39-2)34-28-31-15-23(16-32-28)20-4-5-22(14-29)25(12-20)40-41(3)19-37-18-30-17-33-37/h4-7,12-13,15-18,41H,8-11,19H2,1-3H3,(H,31,32,34)/t41-/m0/s1. The molecular weight excluding hydrogens is 538 g/mol. The van der Waals surface area contributed by atoms with Crippen LogP contribution in [0.15, 0.2) is 61.4 Å². The van der Waals surface area contributed by atoms with E-state index in [1.54, 1.807) is 54.8 Å². The monoisotopic (exact) mass is 569 g/mol. The fraction of sp³-hybridized carbons (Fsp3) is 0.286. The fourth-order valence-corrected chi connectivity index (χ4v) is 5.94. The second-order valence-electron chi connectivity index (χ2n) is 9.80. The molecule has 12 nitrogen and oxygen atoms in total. The van der Waals surface area contributed by atoms with Gasteiger partial charge in [-0.2, -0.15) is 10.4 Å². The summed E-state index contributed by atoms with van der Waals surface area (Å²) in [5.74, 6) is 1.42. The van der Waals surface area contributed by atoms with E-state index in [-0.39, 0.29) is 5.91 Å². The van der Waals surface area contributed by atoms with Crippen LogP contribution in [0, 0.1) is 11.3 Å². The summed E-state index contributed by atoms with van der Waals surface area (Å²) < 4.78 is 13.5. The van der Waals surface area contributed by atoms with Crippen molar-refractivity contribution in [2.24, 2.45) is 0 Å². The molecule has 13 heteroatoms. The molecule has 0 spiro atoms. The number of anilines is 2. The number of methoxy groups -OCH3 is 1. The highest BCUT2D eigenvalue weighted by Crippen LogP contribution is 2.30. The molecule has 0 radical (unpaired) electrons. The molecule has 2 aromatic carbocycles. The van der Waals surface area contributed by atoms with Crippen LogP contribution in [0.4, 0.5) is 11.6 Å². The van der Waals surface area contributed by atoms with Crippen LogP contribution in [-0.2, 0) is 6.17 Å². The van der Waals surface area contributed by atoms with Crippen LogP contribution in [0.1, 0.15) is 15.9 Å². The van der Waals surface area contributed by atoms with Gasteiger partial charge in [-0.05, 0) is 49.5 Å². The highest BCUT2D eigenvalue weighted by Gasteiger charge is 2.21. The van der Waals surface area contributed by atoms with Gasteiger partial charge in [0, 0.05) is 49.7 Å². The number of carbonyl (C=O) groups excluding carboxylic acids is 1. The number of ether oxygens (including phenoxy) is 1. The number of carbonyl (C=O) groups is 1. The zero-order valence-electron chi connectivity index (χ0n) is 23.2. The number of nitrogens with zero attached hydrogens (tertiary/aromatic N) is 8. The van der Waals surface area contributed by atoms with Gasteiger partial charge in [0.25, 0.3) is 14.9 Å². The van der Waals surface area contributed by atoms with Gasteiger partial charge in [0.05, 0.1) is 24.5 Å². The zero-order valence-corrected chi connectivity index (χ0v) is 24.3. The van der Waals surface area contributed by atoms with E-state index in [0.29, 0.717) is 53.5 Å². The smallest absolute Gasteiger partial charge is 0.254 e. The molecule has 41 heavy (non-hydrogen) atoms. The summed E-state index contributed by atoms with van der Waals surface area (Å²) in [6, 6.07) is 13.0. The molecule has 4 aromatic rings. The minimum absolute atomic E-state index is 0.00947. The van der Waals surface area contributed by atoms with Crippen LogP contribution in [0.25, 0.3) is 11.1 Å². The first kappa shape index (κ1) is 27.8. The molecule has 1 saturated heterocycles. The van der Waals surface area contributed by atoms with E-state index >= 15 is 0 Å². The van der Waals surface area contributed by atoms with Crippen LogP contribution in [0.3, 0.4) is 0 Å². The van der Waals surface area contributed by atoms with Gasteiger partial charge >= 0.3 is 0 Å². The van der Waals surface area contributed by atoms with Crippen LogP contribution in [0.5, 0.6) is 11.5 Å². The minimum atomic E-state index is -1.73. The lowest BCUT2D eigenvalue weighted by Crippen LogP contribution is -2.47. The van der Waals surface area contributed by atoms with Crippen molar-refractivity contribution in [2.45, 2.75) is 12.7 Å². The average molecular weight is 570 g/mol. The predicted octanol–water partition coefficient (Wildman–Crippen LogP) is 2.72. The molecule has 1 aliphatic rings. The summed E-state index contributed by atoms with van der Waals surface area (Å²) in [7, 11) is 1.90. The van der Waals surface area contributed by atoms with Crippen LogP contribution in [0.2, 0.25) is 6.55 Å². The maximum Gasteiger partial charge on any atom is 0.254 e. The zero-order chi connectivity index (χ0) is 28.8. The molecule has 210 valence electrons. The number of likely N-dealkylation sites (N-methyl/N-ethyl adjacent to an activating group) is 1. The largest absolute Gasteiger partial charge is 0.544 e. The van der Waals surface area contributed by atoms with Gasteiger partial charge in [0.1, 0.15) is 30.2 Å². The third-order valence-corrected chi connectivity index (χ3v) is 8.36. The Bertz CT molecular complexity index is 1530. The Kier molecular flexibility index (Phi) is 8.52. The molecule has 0 saturated carbocycles. The molecule has 1 amide bonds. The highest BCUT2D eigenvalue weighted by molar-refractivity contribution is 6.49. The SMILES string of the molecule is COc1cc(C(=O)N2CCN(C)CC2)ccc1Nc1ncc(-c2ccc(C#N)c(O[Si@@H](C)Cn3cncn3)c2)cn1. The maximum atomic E-state index is 13.0. The second kappa shape index (κ2) is 12.6. The summed E-state index contributed by atoms with van der Waals surface area (Å²) >= 11 is 0. The fourth-order valence-electron chi connectivity index (χ4n) is 4.52. The van der Waals surface area contributed by atoms with Gasteiger partial charge in [0.15, 0.2) is 0 Å². The van der Waals surface area contributed by atoms with Crippen molar-refractivity contribution >= 4 is 26.6 Å². The first-order valence-electron chi connectivity index (χ1n) is 13.2. The number of rotatable bonds is 9. The van der Waals surface area contributed by atoms with Gasteiger partial charge in [-0.3, -0.25) is 9.48 Å². The number of hydrogen-bond donors (Lipinski definition) is 1. The third-order valence-electron chi connectivity index (χ3n) is 6.81. The number of amides is 1. The lowest BCUT2D eigenvalue weighted by Gasteiger charge is -2.32. The normalized spacial score (nSPS) is 14.2. The number of hydrogen-bond acceptors (Lipinski definition) is 10. The Morgan fingerprint density at radius 2 is 1.85 bits per heavy atom. The average Bonchev–Trinajstić information content (AvgIpc) is 3.50. The molecular formula is C28H31N9O3Si. The predicted molar refractivity (Wildman–Crippen MR) is 156 cm³/mol. The number of piperazine rings is 1. The molecule has 0 aliphatic carbocycles. The van der Waals surface area contributed by atoms with Gasteiger partial charge in [0.2, 0.25) is 5.95 Å². The summed E-state index contributed by atoms with van der Waals surface area (Å²) in [5.41, 5.74) is 3.29. The van der Waals surface area contributed by atoms with Crippen molar-refractivity contribution in [1.29, 1.82) is 5.26 Å². The van der Waals surface area contributed by atoms with Crippen molar-refractivity contribution in [2.75, 3.05) is 45.7 Å². The van der Waals surface area contributed by atoms with Gasteiger partial charge < -0.3 is 24.3 Å². The lowest BCUT2D eigenvalue weighted by atomic mass is 10.1. The maximum absolute atomic E-state index is 13.0. The first-order chi connectivity index (χ1) is 19.9. The number of benzene rings is 2. The topological polar surface area (TPSA) is 134 Å². The van der Waals surface area contributed by atoms with Crippen LogP contribution >= 0.6 is 0 Å². The van der Waals surface area contributed by atoms with Crippen LogP contribution in [-0.4, -0.2) is 89.8 Å². The molecule has 1 aliphatic heterocycles. The highest BCUT2D eigenvalue weighted by atomic mass is 28.3. The molecule has 5 rings (SSSR count). The van der Waals surface area contributed by atoms with E-state index < -0.39 is 9.04 Å². The Labute approximate surface area is 239 Å². The van der Waals surface area contributed by atoms with Crippen molar-refractivity contribution in [3.05, 3.63) is 72.6 Å². The molecule has 1 N–H and O–H groups in total. The van der Waals surface area contributed by atoms with E-state index in [2.05, 4.69) is 43.4 Å². The van der Waals surface area contributed by atoms with Crippen molar-refractivity contribution in [3.63, 3.8) is 0 Å². The Hall–Kier alpha value is -4.80.